The Kier molecular flexibility index (Phi) is 4.25. The second kappa shape index (κ2) is 5.47. The molecule has 1 rings (SSSR count). The smallest absolute Gasteiger partial charge is 0.326 e. The molecule has 6 heteroatoms. The van der Waals surface area contributed by atoms with Crippen LogP contribution in [0.3, 0.4) is 0 Å². The van der Waals surface area contributed by atoms with E-state index in [9.17, 15) is 9.59 Å². The van der Waals surface area contributed by atoms with Gasteiger partial charge in [0.2, 0.25) is 5.91 Å². The van der Waals surface area contributed by atoms with E-state index in [4.69, 9.17) is 5.11 Å². The first-order chi connectivity index (χ1) is 7.95. The lowest BCUT2D eigenvalue weighted by Crippen LogP contribution is -2.41. The highest BCUT2D eigenvalue weighted by atomic mass is 16.4. The number of aromatic amines is 1. The summed E-state index contributed by atoms with van der Waals surface area (Å²) < 4.78 is 0. The van der Waals surface area contributed by atoms with Crippen LogP contribution < -0.4 is 5.32 Å². The molecule has 0 aliphatic heterocycles. The molecule has 1 atom stereocenters. The number of nitrogens with one attached hydrogen (secondary N) is 2. The second-order valence-electron chi connectivity index (χ2n) is 3.96. The molecule has 0 aliphatic carbocycles. The van der Waals surface area contributed by atoms with Crippen LogP contribution in [-0.4, -0.2) is 33.2 Å². The predicted molar refractivity (Wildman–Crippen MR) is 61.6 cm³/mol. The maximum Gasteiger partial charge on any atom is 0.326 e. The van der Waals surface area contributed by atoms with Gasteiger partial charge in [-0.2, -0.15) is 5.10 Å². The summed E-state index contributed by atoms with van der Waals surface area (Å²) in [6.45, 7) is 5.35. The van der Waals surface area contributed by atoms with Gasteiger partial charge in [0.15, 0.2) is 0 Å². The zero-order valence-electron chi connectivity index (χ0n) is 10.2. The number of carboxylic acids is 1. The number of H-pyrrole nitrogens is 1. The molecular weight excluding hydrogens is 222 g/mol. The molecule has 0 fully saturated rings. The van der Waals surface area contributed by atoms with E-state index in [1.165, 1.54) is 0 Å². The molecule has 0 saturated carbocycles. The number of hydrogen-bond donors (Lipinski definition) is 3. The van der Waals surface area contributed by atoms with Crippen molar-refractivity contribution in [1.82, 2.24) is 15.5 Å². The van der Waals surface area contributed by atoms with E-state index in [2.05, 4.69) is 15.5 Å². The van der Waals surface area contributed by atoms with Gasteiger partial charge in [-0.1, -0.05) is 6.92 Å². The number of carboxylic acid groups (broad SMARTS) is 1. The molecule has 1 heterocycles. The van der Waals surface area contributed by atoms with Crippen LogP contribution in [0.2, 0.25) is 0 Å². The van der Waals surface area contributed by atoms with Crippen LogP contribution in [0.1, 0.15) is 30.3 Å². The summed E-state index contributed by atoms with van der Waals surface area (Å²) in [6, 6.07) is -0.824. The fourth-order valence-electron chi connectivity index (χ4n) is 1.58. The third kappa shape index (κ3) is 3.30. The molecule has 0 bridgehead atoms. The zero-order valence-corrected chi connectivity index (χ0v) is 10.2. The molecule has 0 radical (unpaired) electrons. The number of aliphatic carboxylic acids is 1. The summed E-state index contributed by atoms with van der Waals surface area (Å²) >= 11 is 0. The average molecular weight is 239 g/mol. The van der Waals surface area contributed by atoms with E-state index in [1.54, 1.807) is 13.8 Å². The van der Waals surface area contributed by atoms with Gasteiger partial charge in [0.25, 0.3) is 0 Å². The number of carbonyl (C=O) groups excluding carboxylic acids is 1. The normalized spacial score (nSPS) is 12.2. The van der Waals surface area contributed by atoms with E-state index in [0.29, 0.717) is 6.42 Å². The number of carbonyl (C=O) groups is 2. The summed E-state index contributed by atoms with van der Waals surface area (Å²) in [7, 11) is 0. The van der Waals surface area contributed by atoms with Crippen molar-refractivity contribution in [3.05, 3.63) is 17.0 Å². The Bertz CT molecular complexity index is 406. The monoisotopic (exact) mass is 239 g/mol. The fraction of sp³-hybridized carbons (Fsp3) is 0.545. The Morgan fingerprint density at radius 1 is 1.47 bits per heavy atom. The van der Waals surface area contributed by atoms with E-state index in [-0.39, 0.29) is 12.3 Å². The predicted octanol–water partition coefficient (Wildman–Crippen LogP) is 0.548. The molecule has 6 nitrogen and oxygen atoms in total. The minimum Gasteiger partial charge on any atom is -0.480 e. The topological polar surface area (TPSA) is 95.1 Å². The lowest BCUT2D eigenvalue weighted by atomic mass is 10.1. The minimum atomic E-state index is -1.01. The highest BCUT2D eigenvalue weighted by Gasteiger charge is 2.19. The quantitative estimate of drug-likeness (QED) is 0.699. The first kappa shape index (κ1) is 13.2. The second-order valence-corrected chi connectivity index (χ2v) is 3.96. The van der Waals surface area contributed by atoms with Crippen molar-refractivity contribution in [2.45, 2.75) is 39.7 Å². The molecule has 0 aromatic carbocycles. The first-order valence-electron chi connectivity index (χ1n) is 5.48. The number of aromatic nitrogens is 2. The molecule has 17 heavy (non-hydrogen) atoms. The maximum atomic E-state index is 11.7. The molecular formula is C11H17N3O3. The zero-order chi connectivity index (χ0) is 13.0. The largest absolute Gasteiger partial charge is 0.480 e. The van der Waals surface area contributed by atoms with Crippen molar-refractivity contribution in [2.75, 3.05) is 0 Å². The van der Waals surface area contributed by atoms with Crippen LogP contribution in [0.15, 0.2) is 0 Å². The third-order valence-corrected chi connectivity index (χ3v) is 2.66. The number of rotatable bonds is 5. The number of hydrogen-bond acceptors (Lipinski definition) is 3. The number of aryl methyl sites for hydroxylation is 2. The minimum absolute atomic E-state index is 0.151. The van der Waals surface area contributed by atoms with Crippen LogP contribution in [0.4, 0.5) is 0 Å². The summed E-state index contributed by atoms with van der Waals surface area (Å²) in [5.41, 5.74) is 2.42. The first-order valence-corrected chi connectivity index (χ1v) is 5.48. The van der Waals surface area contributed by atoms with E-state index in [1.807, 2.05) is 6.92 Å². The van der Waals surface area contributed by atoms with Gasteiger partial charge < -0.3 is 10.4 Å². The fourth-order valence-corrected chi connectivity index (χ4v) is 1.58. The van der Waals surface area contributed by atoms with Crippen molar-refractivity contribution >= 4 is 11.9 Å². The summed E-state index contributed by atoms with van der Waals surface area (Å²) in [5.74, 6) is -1.31. The molecule has 94 valence electrons. The van der Waals surface area contributed by atoms with E-state index >= 15 is 0 Å². The van der Waals surface area contributed by atoms with Gasteiger partial charge in [-0.15, -0.1) is 0 Å². The van der Waals surface area contributed by atoms with Gasteiger partial charge in [-0.05, 0) is 20.3 Å². The van der Waals surface area contributed by atoms with Gasteiger partial charge in [-0.25, -0.2) is 4.79 Å². The van der Waals surface area contributed by atoms with Gasteiger partial charge in [-0.3, -0.25) is 9.89 Å². The Hall–Kier alpha value is -1.85. The Labute approximate surface area is 99.4 Å². The van der Waals surface area contributed by atoms with Gasteiger partial charge in [0, 0.05) is 11.3 Å². The lowest BCUT2D eigenvalue weighted by molar-refractivity contribution is -0.141. The van der Waals surface area contributed by atoms with Crippen LogP contribution in [0, 0.1) is 13.8 Å². The van der Waals surface area contributed by atoms with Crippen LogP contribution >= 0.6 is 0 Å². The van der Waals surface area contributed by atoms with Crippen molar-refractivity contribution in [3.63, 3.8) is 0 Å². The molecule has 1 amide bonds. The SMILES string of the molecule is CC[C@H](NC(=O)Cc1c(C)n[nH]c1C)C(=O)O. The summed E-state index contributed by atoms with van der Waals surface area (Å²) in [5, 5.41) is 18.1. The van der Waals surface area contributed by atoms with Crippen molar-refractivity contribution in [1.29, 1.82) is 0 Å². The highest BCUT2D eigenvalue weighted by molar-refractivity contribution is 5.85. The molecule has 0 saturated heterocycles. The number of nitrogens with zero attached hydrogens (tertiary/aromatic N) is 1. The average Bonchev–Trinajstić information content (AvgIpc) is 2.57. The highest BCUT2D eigenvalue weighted by Crippen LogP contribution is 2.10. The maximum absolute atomic E-state index is 11.7. The van der Waals surface area contributed by atoms with Crippen molar-refractivity contribution in [3.8, 4) is 0 Å². The van der Waals surface area contributed by atoms with Crippen LogP contribution in [0.5, 0.6) is 0 Å². The van der Waals surface area contributed by atoms with Crippen molar-refractivity contribution in [2.24, 2.45) is 0 Å². The summed E-state index contributed by atoms with van der Waals surface area (Å²) in [6.07, 6.45) is 0.516. The van der Waals surface area contributed by atoms with Crippen molar-refractivity contribution < 1.29 is 14.7 Å². The van der Waals surface area contributed by atoms with Gasteiger partial charge >= 0.3 is 5.97 Å². The standard InChI is InChI=1S/C11H17N3O3/c1-4-9(11(16)17)12-10(15)5-8-6(2)13-14-7(8)3/h9H,4-5H2,1-3H3,(H,12,15)(H,13,14)(H,16,17)/t9-/m0/s1. The lowest BCUT2D eigenvalue weighted by Gasteiger charge is -2.12. The molecule has 3 N–H and O–H groups in total. The third-order valence-electron chi connectivity index (χ3n) is 2.66. The molecule has 0 aliphatic rings. The Morgan fingerprint density at radius 3 is 2.53 bits per heavy atom. The van der Waals surface area contributed by atoms with Gasteiger partial charge in [0.05, 0.1) is 12.1 Å². The van der Waals surface area contributed by atoms with Crippen LogP contribution in [0.25, 0.3) is 0 Å². The molecule has 1 aromatic heterocycles. The molecule has 0 spiro atoms. The van der Waals surface area contributed by atoms with E-state index in [0.717, 1.165) is 17.0 Å². The molecule has 1 aromatic rings. The van der Waals surface area contributed by atoms with E-state index < -0.39 is 12.0 Å². The molecule has 0 unspecified atom stereocenters. The summed E-state index contributed by atoms with van der Waals surface area (Å²) in [4.78, 5) is 22.4. The Morgan fingerprint density at radius 2 is 2.12 bits per heavy atom. The van der Waals surface area contributed by atoms with Gasteiger partial charge in [0.1, 0.15) is 6.04 Å². The number of amides is 1. The Balaban J connectivity index is 2.64. The van der Waals surface area contributed by atoms with Crippen LogP contribution in [-0.2, 0) is 16.0 Å².